The van der Waals surface area contributed by atoms with Crippen molar-refractivity contribution in [2.45, 2.75) is 38.1 Å². The van der Waals surface area contributed by atoms with E-state index < -0.39 is 0 Å². The van der Waals surface area contributed by atoms with Crippen LogP contribution in [-0.2, 0) is 4.79 Å². The summed E-state index contributed by atoms with van der Waals surface area (Å²) in [7, 11) is 0. The van der Waals surface area contributed by atoms with Gasteiger partial charge in [0.2, 0.25) is 5.91 Å². The number of nitrogens with one attached hydrogen (secondary N) is 1. The Kier molecular flexibility index (Phi) is 3.07. The number of carbonyl (C=O) groups excluding carboxylic acids is 1. The fourth-order valence-corrected chi connectivity index (χ4v) is 2.02. The van der Waals surface area contributed by atoms with Crippen LogP contribution in [0.25, 0.3) is 0 Å². The van der Waals surface area contributed by atoms with E-state index in [9.17, 15) is 9.90 Å². The first-order valence-corrected chi connectivity index (χ1v) is 5.87. The minimum atomic E-state index is -0.309. The summed E-state index contributed by atoms with van der Waals surface area (Å²) < 4.78 is 0. The number of amides is 1. The van der Waals surface area contributed by atoms with Crippen molar-refractivity contribution in [1.82, 2.24) is 0 Å². The van der Waals surface area contributed by atoms with Gasteiger partial charge in [0.1, 0.15) is 5.75 Å². The Morgan fingerprint density at radius 1 is 1.53 bits per heavy atom. The number of phenolic OH excluding ortho intramolecular Hbond substituents is 1. The van der Waals surface area contributed by atoms with Crippen LogP contribution in [0.3, 0.4) is 0 Å². The van der Waals surface area contributed by atoms with Gasteiger partial charge in [-0.15, -0.1) is 0 Å². The second-order valence-electron chi connectivity index (χ2n) is 4.94. The lowest BCUT2D eigenvalue weighted by molar-refractivity contribution is -0.118. The van der Waals surface area contributed by atoms with Crippen LogP contribution in [0.15, 0.2) is 18.2 Å². The fraction of sp³-hybridized carbons (Fsp3) is 0.462. The lowest BCUT2D eigenvalue weighted by atomic mass is 9.75. The number of rotatable bonds is 3. The molecule has 0 atom stereocenters. The maximum atomic E-state index is 11.7. The first kappa shape index (κ1) is 11.9. The standard InChI is InChI=1S/C13H18N2O2/c1-9-3-4-10(7-11(9)16)15-12(17)8-13(14)5-2-6-13/h3-4,7,16H,2,5-6,8,14H2,1H3,(H,15,17). The predicted molar refractivity (Wildman–Crippen MR) is 66.9 cm³/mol. The molecule has 0 radical (unpaired) electrons. The van der Waals surface area contributed by atoms with Gasteiger partial charge in [-0.05, 0) is 37.8 Å². The minimum absolute atomic E-state index is 0.0875. The van der Waals surface area contributed by atoms with Crippen molar-refractivity contribution in [3.8, 4) is 5.75 Å². The zero-order chi connectivity index (χ0) is 12.5. The predicted octanol–water partition coefficient (Wildman–Crippen LogP) is 1.91. The molecule has 1 amide bonds. The maximum Gasteiger partial charge on any atom is 0.226 e. The maximum absolute atomic E-state index is 11.7. The number of carbonyl (C=O) groups is 1. The molecule has 1 aromatic carbocycles. The second-order valence-corrected chi connectivity index (χ2v) is 4.94. The zero-order valence-electron chi connectivity index (χ0n) is 9.99. The van der Waals surface area contributed by atoms with Gasteiger partial charge in [-0.25, -0.2) is 0 Å². The van der Waals surface area contributed by atoms with E-state index >= 15 is 0 Å². The van der Waals surface area contributed by atoms with Gasteiger partial charge in [0, 0.05) is 23.7 Å². The third-order valence-corrected chi connectivity index (χ3v) is 3.35. The Morgan fingerprint density at radius 3 is 2.76 bits per heavy atom. The molecule has 1 fully saturated rings. The van der Waals surface area contributed by atoms with E-state index in [1.165, 1.54) is 0 Å². The van der Waals surface area contributed by atoms with E-state index in [4.69, 9.17) is 5.73 Å². The summed E-state index contributed by atoms with van der Waals surface area (Å²) in [5, 5.41) is 12.3. The van der Waals surface area contributed by atoms with E-state index in [1.807, 2.05) is 6.92 Å². The van der Waals surface area contributed by atoms with E-state index in [1.54, 1.807) is 18.2 Å². The summed E-state index contributed by atoms with van der Waals surface area (Å²) in [5.74, 6) is 0.101. The summed E-state index contributed by atoms with van der Waals surface area (Å²) in [6.07, 6.45) is 3.29. The van der Waals surface area contributed by atoms with Gasteiger partial charge in [0.05, 0.1) is 0 Å². The first-order valence-electron chi connectivity index (χ1n) is 5.87. The Bertz CT molecular complexity index is 439. The molecular weight excluding hydrogens is 216 g/mol. The molecule has 0 spiro atoms. The number of aromatic hydroxyl groups is 1. The SMILES string of the molecule is Cc1ccc(NC(=O)CC2(N)CCC2)cc1O. The Hall–Kier alpha value is -1.55. The third-order valence-electron chi connectivity index (χ3n) is 3.35. The largest absolute Gasteiger partial charge is 0.508 e. The lowest BCUT2D eigenvalue weighted by Crippen LogP contribution is -2.48. The number of hydrogen-bond acceptors (Lipinski definition) is 3. The molecule has 2 rings (SSSR count). The molecule has 1 aliphatic rings. The molecule has 92 valence electrons. The van der Waals surface area contributed by atoms with Crippen LogP contribution < -0.4 is 11.1 Å². The van der Waals surface area contributed by atoms with Gasteiger partial charge in [-0.1, -0.05) is 6.07 Å². The van der Waals surface area contributed by atoms with Crippen molar-refractivity contribution in [3.05, 3.63) is 23.8 Å². The quantitative estimate of drug-likeness (QED) is 0.747. The van der Waals surface area contributed by atoms with E-state index in [-0.39, 0.29) is 17.2 Å². The third kappa shape index (κ3) is 2.77. The topological polar surface area (TPSA) is 75.4 Å². The average molecular weight is 234 g/mol. The van der Waals surface area contributed by atoms with Gasteiger partial charge in [-0.3, -0.25) is 4.79 Å². The molecule has 0 aliphatic heterocycles. The first-order chi connectivity index (χ1) is 7.98. The Balaban J connectivity index is 1.95. The summed E-state index contributed by atoms with van der Waals surface area (Å²) in [4.78, 5) is 11.7. The fourth-order valence-electron chi connectivity index (χ4n) is 2.02. The average Bonchev–Trinajstić information content (AvgIpc) is 2.21. The highest BCUT2D eigenvalue weighted by atomic mass is 16.3. The molecule has 0 aromatic heterocycles. The van der Waals surface area contributed by atoms with Crippen LogP contribution in [-0.4, -0.2) is 16.6 Å². The monoisotopic (exact) mass is 234 g/mol. The highest BCUT2D eigenvalue weighted by Gasteiger charge is 2.34. The van der Waals surface area contributed by atoms with Crippen molar-refractivity contribution in [2.24, 2.45) is 5.73 Å². The number of hydrogen-bond donors (Lipinski definition) is 3. The van der Waals surface area contributed by atoms with Crippen molar-refractivity contribution in [2.75, 3.05) is 5.32 Å². The van der Waals surface area contributed by atoms with Crippen LogP contribution in [0.5, 0.6) is 5.75 Å². The Morgan fingerprint density at radius 2 is 2.24 bits per heavy atom. The second kappa shape index (κ2) is 4.37. The van der Waals surface area contributed by atoms with Crippen LogP contribution in [0.4, 0.5) is 5.69 Å². The molecule has 1 saturated carbocycles. The van der Waals surface area contributed by atoms with E-state index in [0.29, 0.717) is 12.1 Å². The number of phenols is 1. The highest BCUT2D eigenvalue weighted by Crippen LogP contribution is 2.32. The van der Waals surface area contributed by atoms with Crippen LogP contribution in [0.1, 0.15) is 31.2 Å². The molecular formula is C13H18N2O2. The van der Waals surface area contributed by atoms with Gasteiger partial charge in [0.25, 0.3) is 0 Å². The minimum Gasteiger partial charge on any atom is -0.508 e. The number of aryl methyl sites for hydroxylation is 1. The molecule has 4 heteroatoms. The number of anilines is 1. The number of nitrogens with two attached hydrogens (primary N) is 1. The summed E-state index contributed by atoms with van der Waals surface area (Å²) in [5.41, 5.74) is 7.09. The van der Waals surface area contributed by atoms with E-state index in [2.05, 4.69) is 5.32 Å². The molecule has 0 unspecified atom stereocenters. The zero-order valence-corrected chi connectivity index (χ0v) is 9.99. The van der Waals surface area contributed by atoms with Crippen molar-refractivity contribution < 1.29 is 9.90 Å². The van der Waals surface area contributed by atoms with Crippen LogP contribution >= 0.6 is 0 Å². The van der Waals surface area contributed by atoms with E-state index in [0.717, 1.165) is 24.8 Å². The summed E-state index contributed by atoms with van der Waals surface area (Å²) in [6.45, 7) is 1.81. The Labute approximate surface area is 101 Å². The van der Waals surface area contributed by atoms with Gasteiger partial charge in [-0.2, -0.15) is 0 Å². The molecule has 4 N–H and O–H groups in total. The molecule has 17 heavy (non-hydrogen) atoms. The molecule has 0 saturated heterocycles. The summed E-state index contributed by atoms with van der Waals surface area (Å²) >= 11 is 0. The molecule has 0 bridgehead atoms. The smallest absolute Gasteiger partial charge is 0.226 e. The van der Waals surface area contributed by atoms with Gasteiger partial charge in [0.15, 0.2) is 0 Å². The molecule has 4 nitrogen and oxygen atoms in total. The molecule has 0 heterocycles. The van der Waals surface area contributed by atoms with Gasteiger partial charge < -0.3 is 16.2 Å². The highest BCUT2D eigenvalue weighted by molar-refractivity contribution is 5.91. The number of benzene rings is 1. The molecule has 1 aliphatic carbocycles. The van der Waals surface area contributed by atoms with Crippen LogP contribution in [0.2, 0.25) is 0 Å². The molecule has 1 aromatic rings. The lowest BCUT2D eigenvalue weighted by Gasteiger charge is -2.37. The van der Waals surface area contributed by atoms with Crippen LogP contribution in [0, 0.1) is 6.92 Å². The van der Waals surface area contributed by atoms with Crippen molar-refractivity contribution in [1.29, 1.82) is 0 Å². The normalized spacial score (nSPS) is 17.3. The van der Waals surface area contributed by atoms with Gasteiger partial charge >= 0.3 is 0 Å². The van der Waals surface area contributed by atoms with Crippen molar-refractivity contribution >= 4 is 11.6 Å². The van der Waals surface area contributed by atoms with Crippen molar-refractivity contribution in [3.63, 3.8) is 0 Å². The summed E-state index contributed by atoms with van der Waals surface area (Å²) in [6, 6.07) is 5.10.